The molecule has 1 aromatic carbocycles. The van der Waals surface area contributed by atoms with Crippen molar-refractivity contribution in [2.75, 3.05) is 0 Å². The van der Waals surface area contributed by atoms with Crippen LogP contribution in [0.4, 0.5) is 0 Å². The molecule has 0 aromatic heterocycles. The highest BCUT2D eigenvalue weighted by molar-refractivity contribution is 6.04. The van der Waals surface area contributed by atoms with Gasteiger partial charge < -0.3 is 0 Å². The molecule has 0 atom stereocenters. The summed E-state index contributed by atoms with van der Waals surface area (Å²) in [6, 6.07) is 8.07. The van der Waals surface area contributed by atoms with Gasteiger partial charge in [-0.1, -0.05) is 57.0 Å². The van der Waals surface area contributed by atoms with Crippen LogP contribution in [0.3, 0.4) is 0 Å². The van der Waals surface area contributed by atoms with Crippen molar-refractivity contribution in [1.29, 1.82) is 0 Å². The minimum absolute atomic E-state index is 0.142. The summed E-state index contributed by atoms with van der Waals surface area (Å²) < 4.78 is 0. The minimum Gasteiger partial charge on any atom is -0.289 e. The third kappa shape index (κ3) is 3.79. The second-order valence-electron chi connectivity index (χ2n) is 6.55. The van der Waals surface area contributed by atoms with E-state index >= 15 is 0 Å². The van der Waals surface area contributed by atoms with Gasteiger partial charge in [0.25, 0.3) is 0 Å². The highest BCUT2D eigenvalue weighted by Gasteiger charge is 2.14. The van der Waals surface area contributed by atoms with Gasteiger partial charge in [-0.3, -0.25) is 4.79 Å². The largest absolute Gasteiger partial charge is 0.289 e. The Morgan fingerprint density at radius 3 is 2.11 bits per heavy atom. The maximum atomic E-state index is 12.2. The molecule has 1 aromatic rings. The molecule has 0 radical (unpaired) electrons. The molecule has 0 unspecified atom stereocenters. The summed E-state index contributed by atoms with van der Waals surface area (Å²) in [4.78, 5) is 12.2. The fourth-order valence-electron chi connectivity index (χ4n) is 2.55. The van der Waals surface area contributed by atoms with E-state index in [1.54, 1.807) is 0 Å². The first kappa shape index (κ1) is 14.0. The zero-order chi connectivity index (χ0) is 13.9. The molecule has 1 aliphatic rings. The van der Waals surface area contributed by atoms with E-state index < -0.39 is 0 Å². The van der Waals surface area contributed by atoms with E-state index in [4.69, 9.17) is 0 Å². The second kappa shape index (κ2) is 5.73. The van der Waals surface area contributed by atoms with Gasteiger partial charge in [0.05, 0.1) is 0 Å². The van der Waals surface area contributed by atoms with Crippen molar-refractivity contribution in [2.45, 2.75) is 58.3 Å². The van der Waals surface area contributed by atoms with Crippen LogP contribution in [-0.2, 0) is 5.41 Å². The first-order valence-electron chi connectivity index (χ1n) is 7.31. The molecule has 102 valence electrons. The van der Waals surface area contributed by atoms with Crippen LogP contribution in [0.5, 0.6) is 0 Å². The number of hydrogen-bond acceptors (Lipinski definition) is 1. The smallest absolute Gasteiger partial charge is 0.185 e. The molecular weight excluding hydrogens is 232 g/mol. The van der Waals surface area contributed by atoms with E-state index in [0.717, 1.165) is 18.4 Å². The lowest BCUT2D eigenvalue weighted by molar-refractivity contribution is 0.104. The number of hydrogen-bond donors (Lipinski definition) is 0. The van der Waals surface area contributed by atoms with Crippen LogP contribution in [-0.4, -0.2) is 5.78 Å². The van der Waals surface area contributed by atoms with Gasteiger partial charge in [0.2, 0.25) is 0 Å². The van der Waals surface area contributed by atoms with Crippen molar-refractivity contribution in [3.05, 3.63) is 47.0 Å². The molecule has 1 saturated carbocycles. The summed E-state index contributed by atoms with van der Waals surface area (Å²) >= 11 is 0. The summed E-state index contributed by atoms with van der Waals surface area (Å²) in [5, 5.41) is 0. The molecule has 0 heterocycles. The summed E-state index contributed by atoms with van der Waals surface area (Å²) in [7, 11) is 0. The molecule has 0 amide bonds. The molecule has 0 spiro atoms. The molecule has 19 heavy (non-hydrogen) atoms. The zero-order valence-corrected chi connectivity index (χ0v) is 12.3. The minimum atomic E-state index is 0.142. The van der Waals surface area contributed by atoms with Gasteiger partial charge in [0, 0.05) is 5.56 Å². The van der Waals surface area contributed by atoms with Crippen molar-refractivity contribution in [2.24, 2.45) is 0 Å². The van der Waals surface area contributed by atoms with Crippen molar-refractivity contribution in [3.8, 4) is 0 Å². The Morgan fingerprint density at radius 2 is 1.58 bits per heavy atom. The van der Waals surface area contributed by atoms with Crippen molar-refractivity contribution < 1.29 is 4.79 Å². The Bertz CT molecular complexity index is 463. The number of benzene rings is 1. The number of carbonyl (C=O) groups is 1. The van der Waals surface area contributed by atoms with E-state index in [9.17, 15) is 4.79 Å². The van der Waals surface area contributed by atoms with Gasteiger partial charge in [-0.15, -0.1) is 0 Å². The van der Waals surface area contributed by atoms with Gasteiger partial charge >= 0.3 is 0 Å². The van der Waals surface area contributed by atoms with Crippen LogP contribution in [0.2, 0.25) is 0 Å². The lowest BCUT2D eigenvalue weighted by atomic mass is 9.86. The van der Waals surface area contributed by atoms with Gasteiger partial charge in [0.15, 0.2) is 5.78 Å². The quantitative estimate of drug-likeness (QED) is 0.534. The predicted molar refractivity (Wildman–Crippen MR) is 80.6 cm³/mol. The normalized spacial score (nSPS) is 16.3. The molecule has 0 aliphatic heterocycles. The van der Waals surface area contributed by atoms with Crippen molar-refractivity contribution in [3.63, 3.8) is 0 Å². The lowest BCUT2D eigenvalue weighted by Crippen LogP contribution is -2.11. The number of rotatable bonds is 2. The van der Waals surface area contributed by atoms with Gasteiger partial charge in [0.1, 0.15) is 0 Å². The maximum Gasteiger partial charge on any atom is 0.185 e. The third-order valence-corrected chi connectivity index (χ3v) is 3.87. The second-order valence-corrected chi connectivity index (χ2v) is 6.55. The third-order valence-electron chi connectivity index (χ3n) is 3.87. The van der Waals surface area contributed by atoms with Crippen LogP contribution < -0.4 is 0 Å². The van der Waals surface area contributed by atoms with Crippen LogP contribution >= 0.6 is 0 Å². The molecule has 1 heteroatoms. The average molecular weight is 256 g/mol. The standard InChI is InChI=1S/C18H24O/c1-18(2,3)16-11-9-15(10-12-16)17(19)13-14-7-5-4-6-8-14/h9-13H,4-8H2,1-3H3. The molecular formula is C18H24O. The topological polar surface area (TPSA) is 17.1 Å². The highest BCUT2D eigenvalue weighted by Crippen LogP contribution is 2.24. The first-order valence-corrected chi connectivity index (χ1v) is 7.31. The Morgan fingerprint density at radius 1 is 1.00 bits per heavy atom. The van der Waals surface area contributed by atoms with Gasteiger partial charge in [-0.05, 0) is 42.7 Å². The fraction of sp³-hybridized carbons (Fsp3) is 0.500. The number of ketones is 1. The van der Waals surface area contributed by atoms with Crippen LogP contribution in [0.15, 0.2) is 35.9 Å². The van der Waals surface area contributed by atoms with Crippen molar-refractivity contribution in [1.82, 2.24) is 0 Å². The van der Waals surface area contributed by atoms with Gasteiger partial charge in [-0.2, -0.15) is 0 Å². The van der Waals surface area contributed by atoms with E-state index in [2.05, 4.69) is 32.9 Å². The van der Waals surface area contributed by atoms with Crippen LogP contribution in [0, 0.1) is 0 Å². The van der Waals surface area contributed by atoms with Gasteiger partial charge in [-0.25, -0.2) is 0 Å². The Kier molecular flexibility index (Phi) is 4.24. The SMILES string of the molecule is CC(C)(C)c1ccc(C(=O)C=C2CCCCC2)cc1. The Labute approximate surface area is 116 Å². The molecule has 0 bridgehead atoms. The monoisotopic (exact) mass is 256 g/mol. The van der Waals surface area contributed by atoms with Crippen molar-refractivity contribution >= 4 is 5.78 Å². The average Bonchev–Trinajstić information content (AvgIpc) is 2.39. The fourth-order valence-corrected chi connectivity index (χ4v) is 2.55. The van der Waals surface area contributed by atoms with E-state index in [0.29, 0.717) is 0 Å². The number of carbonyl (C=O) groups excluding carboxylic acids is 1. The Balaban J connectivity index is 2.11. The van der Waals surface area contributed by atoms with E-state index in [1.807, 2.05) is 18.2 Å². The molecule has 1 nitrogen and oxygen atoms in total. The summed E-state index contributed by atoms with van der Waals surface area (Å²) in [5.74, 6) is 0.164. The van der Waals surface area contributed by atoms with E-state index in [1.165, 1.54) is 30.4 Å². The maximum absolute atomic E-state index is 12.2. The first-order chi connectivity index (χ1) is 8.97. The molecule has 2 rings (SSSR count). The predicted octanol–water partition coefficient (Wildman–Crippen LogP) is 5.06. The summed E-state index contributed by atoms with van der Waals surface area (Å²) in [5.41, 5.74) is 3.56. The Hall–Kier alpha value is -1.37. The molecule has 1 fully saturated rings. The molecule has 0 saturated heterocycles. The van der Waals surface area contributed by atoms with Crippen LogP contribution in [0.1, 0.15) is 68.8 Å². The highest BCUT2D eigenvalue weighted by atomic mass is 16.1. The summed E-state index contributed by atoms with van der Waals surface area (Å²) in [6.45, 7) is 6.56. The molecule has 1 aliphatic carbocycles. The number of allylic oxidation sites excluding steroid dienone is 2. The molecule has 0 N–H and O–H groups in total. The zero-order valence-electron chi connectivity index (χ0n) is 12.3. The van der Waals surface area contributed by atoms with Crippen LogP contribution in [0.25, 0.3) is 0 Å². The lowest BCUT2D eigenvalue weighted by Gasteiger charge is -2.19. The van der Waals surface area contributed by atoms with E-state index in [-0.39, 0.29) is 11.2 Å². The summed E-state index contributed by atoms with van der Waals surface area (Å²) in [6.07, 6.45) is 7.86.